The third-order valence-corrected chi connectivity index (χ3v) is 4.63. The van der Waals surface area contributed by atoms with E-state index in [0.717, 1.165) is 29.3 Å². The van der Waals surface area contributed by atoms with Crippen LogP contribution in [0.2, 0.25) is 5.02 Å². The molecular formula is C16H20ClNOS. The summed E-state index contributed by atoms with van der Waals surface area (Å²) in [5, 5.41) is 6.43. The molecule has 2 rings (SSSR count). The van der Waals surface area contributed by atoms with E-state index in [4.69, 9.17) is 16.3 Å². The smallest absolute Gasteiger partial charge is 0.129 e. The van der Waals surface area contributed by atoms with E-state index in [1.807, 2.05) is 12.3 Å². The van der Waals surface area contributed by atoms with Crippen LogP contribution < -0.4 is 10.1 Å². The largest absolute Gasteiger partial charge is 0.496 e. The van der Waals surface area contributed by atoms with Crippen molar-refractivity contribution in [3.63, 3.8) is 0 Å². The highest BCUT2D eigenvalue weighted by atomic mass is 35.5. The van der Waals surface area contributed by atoms with Crippen LogP contribution in [0.15, 0.2) is 29.6 Å². The van der Waals surface area contributed by atoms with Gasteiger partial charge in [-0.1, -0.05) is 30.7 Å². The number of rotatable bonds is 6. The molecule has 1 aromatic carbocycles. The molecule has 0 aliphatic rings. The zero-order valence-electron chi connectivity index (χ0n) is 12.1. The fraction of sp³-hybridized carbons (Fsp3) is 0.375. The molecule has 0 saturated carbocycles. The van der Waals surface area contributed by atoms with Gasteiger partial charge < -0.3 is 10.1 Å². The van der Waals surface area contributed by atoms with E-state index < -0.39 is 0 Å². The second kappa shape index (κ2) is 7.11. The lowest BCUT2D eigenvalue weighted by atomic mass is 10.0. The molecule has 20 heavy (non-hydrogen) atoms. The number of nitrogens with one attached hydrogen (secondary N) is 1. The minimum Gasteiger partial charge on any atom is -0.496 e. The number of ether oxygens (including phenoxy) is 1. The van der Waals surface area contributed by atoms with Gasteiger partial charge in [0.15, 0.2) is 0 Å². The van der Waals surface area contributed by atoms with Crippen LogP contribution in [0, 0.1) is 6.92 Å². The van der Waals surface area contributed by atoms with Crippen LogP contribution in [-0.4, -0.2) is 13.7 Å². The summed E-state index contributed by atoms with van der Waals surface area (Å²) in [6.45, 7) is 5.16. The Kier molecular flexibility index (Phi) is 5.46. The molecule has 0 aliphatic carbocycles. The molecule has 0 spiro atoms. The Bertz CT molecular complexity index is 567. The maximum absolute atomic E-state index is 6.26. The Balaban J connectivity index is 2.32. The number of hydrogen-bond acceptors (Lipinski definition) is 3. The first-order valence-electron chi connectivity index (χ1n) is 6.77. The topological polar surface area (TPSA) is 21.3 Å². The van der Waals surface area contributed by atoms with Crippen molar-refractivity contribution in [3.8, 4) is 5.75 Å². The molecular weight excluding hydrogens is 290 g/mol. The van der Waals surface area contributed by atoms with E-state index in [1.165, 1.54) is 10.4 Å². The number of aryl methyl sites for hydroxylation is 1. The van der Waals surface area contributed by atoms with Crippen molar-refractivity contribution in [2.75, 3.05) is 13.7 Å². The van der Waals surface area contributed by atoms with Crippen LogP contribution >= 0.6 is 22.9 Å². The minimum atomic E-state index is 0.168. The van der Waals surface area contributed by atoms with Crippen molar-refractivity contribution < 1.29 is 4.74 Å². The number of methoxy groups -OCH3 is 1. The second-order valence-electron chi connectivity index (χ2n) is 4.78. The van der Waals surface area contributed by atoms with Crippen LogP contribution in [0.5, 0.6) is 5.75 Å². The van der Waals surface area contributed by atoms with E-state index in [0.29, 0.717) is 0 Å². The van der Waals surface area contributed by atoms with E-state index >= 15 is 0 Å². The summed E-state index contributed by atoms with van der Waals surface area (Å²) >= 11 is 7.97. The summed E-state index contributed by atoms with van der Waals surface area (Å²) in [7, 11) is 1.70. The van der Waals surface area contributed by atoms with Crippen LogP contribution in [0.3, 0.4) is 0 Å². The van der Waals surface area contributed by atoms with Gasteiger partial charge in [-0.15, -0.1) is 11.3 Å². The zero-order chi connectivity index (χ0) is 14.5. The third-order valence-electron chi connectivity index (χ3n) is 3.24. The molecule has 1 aromatic heterocycles. The molecule has 108 valence electrons. The normalized spacial score (nSPS) is 12.4. The predicted molar refractivity (Wildman–Crippen MR) is 87.2 cm³/mol. The van der Waals surface area contributed by atoms with Crippen LogP contribution in [0.1, 0.15) is 35.4 Å². The predicted octanol–water partition coefficient (Wildman–Crippen LogP) is 4.81. The SMILES string of the molecule is CCCNC(c1ccc(C)c(Cl)c1)c1cc(OC)cs1. The van der Waals surface area contributed by atoms with Crippen LogP contribution in [0.4, 0.5) is 0 Å². The van der Waals surface area contributed by atoms with Crippen molar-refractivity contribution in [3.05, 3.63) is 50.7 Å². The Morgan fingerprint density at radius 1 is 1.35 bits per heavy atom. The number of halogens is 1. The summed E-state index contributed by atoms with van der Waals surface area (Å²) < 4.78 is 5.28. The van der Waals surface area contributed by atoms with Gasteiger partial charge >= 0.3 is 0 Å². The molecule has 2 aromatic rings. The molecule has 1 N–H and O–H groups in total. The van der Waals surface area contributed by atoms with Crippen molar-refractivity contribution in [2.45, 2.75) is 26.3 Å². The molecule has 4 heteroatoms. The highest BCUT2D eigenvalue weighted by molar-refractivity contribution is 7.10. The van der Waals surface area contributed by atoms with Crippen LogP contribution in [0.25, 0.3) is 0 Å². The summed E-state index contributed by atoms with van der Waals surface area (Å²) in [4.78, 5) is 1.25. The Labute approximate surface area is 129 Å². The van der Waals surface area contributed by atoms with E-state index in [1.54, 1.807) is 18.4 Å². The zero-order valence-corrected chi connectivity index (χ0v) is 13.6. The van der Waals surface area contributed by atoms with Crippen molar-refractivity contribution in [1.82, 2.24) is 5.32 Å². The Morgan fingerprint density at radius 2 is 2.15 bits per heavy atom. The van der Waals surface area contributed by atoms with Gasteiger partial charge in [0.2, 0.25) is 0 Å². The first-order chi connectivity index (χ1) is 9.65. The maximum atomic E-state index is 6.26. The molecule has 1 unspecified atom stereocenters. The molecule has 0 aliphatic heterocycles. The van der Waals surface area contributed by atoms with Gasteiger partial charge in [-0.2, -0.15) is 0 Å². The summed E-state index contributed by atoms with van der Waals surface area (Å²) in [6, 6.07) is 8.52. The highest BCUT2D eigenvalue weighted by Crippen LogP contribution is 2.32. The summed E-state index contributed by atoms with van der Waals surface area (Å²) in [5.41, 5.74) is 2.30. The lowest BCUT2D eigenvalue weighted by Gasteiger charge is -2.18. The fourth-order valence-corrected chi connectivity index (χ4v) is 3.20. The van der Waals surface area contributed by atoms with Gasteiger partial charge in [0.05, 0.1) is 13.2 Å². The van der Waals surface area contributed by atoms with Crippen molar-refractivity contribution >= 4 is 22.9 Å². The molecule has 0 amide bonds. The first kappa shape index (κ1) is 15.4. The molecule has 0 bridgehead atoms. The van der Waals surface area contributed by atoms with Gasteiger partial charge in [-0.05, 0) is 43.1 Å². The van der Waals surface area contributed by atoms with Gasteiger partial charge in [-0.3, -0.25) is 0 Å². The summed E-state index contributed by atoms with van der Waals surface area (Å²) in [6.07, 6.45) is 1.10. The molecule has 1 atom stereocenters. The molecule has 0 fully saturated rings. The maximum Gasteiger partial charge on any atom is 0.129 e. The quantitative estimate of drug-likeness (QED) is 0.827. The lowest BCUT2D eigenvalue weighted by molar-refractivity contribution is 0.416. The molecule has 0 radical (unpaired) electrons. The van der Waals surface area contributed by atoms with Crippen molar-refractivity contribution in [1.29, 1.82) is 0 Å². The fourth-order valence-electron chi connectivity index (χ4n) is 2.05. The Hall–Kier alpha value is -1.03. The van der Waals surface area contributed by atoms with Crippen molar-refractivity contribution in [2.24, 2.45) is 0 Å². The van der Waals surface area contributed by atoms with E-state index in [-0.39, 0.29) is 6.04 Å². The average Bonchev–Trinajstić information content (AvgIpc) is 2.92. The summed E-state index contributed by atoms with van der Waals surface area (Å²) in [5.74, 6) is 0.909. The van der Waals surface area contributed by atoms with Gasteiger partial charge in [0.1, 0.15) is 5.75 Å². The minimum absolute atomic E-state index is 0.168. The number of thiophene rings is 1. The number of benzene rings is 1. The number of hydrogen-bond donors (Lipinski definition) is 1. The Morgan fingerprint density at radius 3 is 2.75 bits per heavy atom. The second-order valence-corrected chi connectivity index (χ2v) is 6.13. The van der Waals surface area contributed by atoms with E-state index in [2.05, 4.69) is 36.5 Å². The standard InChI is InChI=1S/C16H20ClNOS/c1-4-7-18-16(15-9-13(19-3)10-20-15)12-6-5-11(2)14(17)8-12/h5-6,8-10,16,18H,4,7H2,1-3H3. The van der Waals surface area contributed by atoms with Gasteiger partial charge in [0, 0.05) is 15.3 Å². The monoisotopic (exact) mass is 309 g/mol. The molecule has 0 saturated heterocycles. The van der Waals surface area contributed by atoms with Gasteiger partial charge in [-0.25, -0.2) is 0 Å². The highest BCUT2D eigenvalue weighted by Gasteiger charge is 2.16. The third kappa shape index (κ3) is 3.54. The van der Waals surface area contributed by atoms with E-state index in [9.17, 15) is 0 Å². The molecule has 1 heterocycles. The first-order valence-corrected chi connectivity index (χ1v) is 8.03. The average molecular weight is 310 g/mol. The van der Waals surface area contributed by atoms with Gasteiger partial charge in [0.25, 0.3) is 0 Å². The lowest BCUT2D eigenvalue weighted by Crippen LogP contribution is -2.22. The molecule has 2 nitrogen and oxygen atoms in total. The van der Waals surface area contributed by atoms with Crippen LogP contribution in [-0.2, 0) is 0 Å².